The van der Waals surface area contributed by atoms with Crippen molar-refractivity contribution in [2.45, 2.75) is 64.5 Å². The summed E-state index contributed by atoms with van der Waals surface area (Å²) >= 11 is 0. The maximum Gasteiger partial charge on any atom is 0.287 e. The molecule has 5 heteroatoms. The molecule has 31 heavy (non-hydrogen) atoms. The van der Waals surface area contributed by atoms with E-state index >= 15 is 0 Å². The maximum atomic E-state index is 13.0. The van der Waals surface area contributed by atoms with Crippen LogP contribution >= 0.6 is 0 Å². The normalized spacial score (nSPS) is 29.5. The molecule has 5 nitrogen and oxygen atoms in total. The Kier molecular flexibility index (Phi) is 5.45. The Balaban J connectivity index is 1.22. The highest BCUT2D eigenvalue weighted by molar-refractivity contribution is 5.91. The molecule has 4 saturated carbocycles. The molecule has 4 aliphatic rings. The maximum absolute atomic E-state index is 13.0. The van der Waals surface area contributed by atoms with Crippen molar-refractivity contribution in [3.63, 3.8) is 0 Å². The number of ether oxygens (including phenoxy) is 2. The molecule has 1 amide bonds. The van der Waals surface area contributed by atoms with Crippen LogP contribution in [0.4, 0.5) is 0 Å². The standard InChI is InChI=1S/C26H33NO4/c1-3-24(26-13-17-9-18(14-26)11-19(10-17)15-26)27-25(28)23-8-7-22(31-23)16-30-21-6-4-5-20(12-21)29-2/h4-8,12,17-19,24H,3,9-11,13-16H2,1-2H3,(H,27,28). The van der Waals surface area contributed by atoms with Gasteiger partial charge in [0, 0.05) is 12.1 Å². The van der Waals surface area contributed by atoms with E-state index in [0.29, 0.717) is 22.7 Å². The number of hydrogen-bond acceptors (Lipinski definition) is 4. The molecule has 1 heterocycles. The summed E-state index contributed by atoms with van der Waals surface area (Å²) in [6, 6.07) is 11.3. The molecule has 4 bridgehead atoms. The zero-order valence-electron chi connectivity index (χ0n) is 18.6. The fourth-order valence-corrected chi connectivity index (χ4v) is 6.94. The van der Waals surface area contributed by atoms with Crippen molar-refractivity contribution >= 4 is 5.91 Å². The molecule has 6 rings (SSSR count). The van der Waals surface area contributed by atoms with Crippen molar-refractivity contribution in [2.75, 3.05) is 7.11 Å². The summed E-state index contributed by atoms with van der Waals surface area (Å²) in [7, 11) is 1.63. The van der Waals surface area contributed by atoms with Crippen molar-refractivity contribution in [2.24, 2.45) is 23.2 Å². The second-order valence-electron chi connectivity index (χ2n) is 9.95. The predicted molar refractivity (Wildman–Crippen MR) is 118 cm³/mol. The first kappa shape index (κ1) is 20.5. The van der Waals surface area contributed by atoms with Crippen LogP contribution in [0.3, 0.4) is 0 Å². The van der Waals surface area contributed by atoms with Gasteiger partial charge in [-0.1, -0.05) is 13.0 Å². The minimum absolute atomic E-state index is 0.102. The molecule has 166 valence electrons. The third-order valence-corrected chi connectivity index (χ3v) is 7.85. The van der Waals surface area contributed by atoms with E-state index in [1.54, 1.807) is 13.2 Å². The van der Waals surface area contributed by atoms with E-state index in [1.807, 2.05) is 30.3 Å². The van der Waals surface area contributed by atoms with Gasteiger partial charge in [-0.2, -0.15) is 0 Å². The molecule has 0 radical (unpaired) electrons. The summed E-state index contributed by atoms with van der Waals surface area (Å²) in [6.07, 6.45) is 9.08. The first-order valence-corrected chi connectivity index (χ1v) is 11.7. The van der Waals surface area contributed by atoms with Crippen molar-refractivity contribution in [1.82, 2.24) is 5.32 Å². The van der Waals surface area contributed by atoms with E-state index in [0.717, 1.165) is 29.9 Å². The first-order valence-electron chi connectivity index (χ1n) is 11.7. The van der Waals surface area contributed by atoms with E-state index in [9.17, 15) is 4.79 Å². The van der Waals surface area contributed by atoms with Crippen LogP contribution in [0.25, 0.3) is 0 Å². The molecule has 1 unspecified atom stereocenters. The van der Waals surface area contributed by atoms with E-state index in [1.165, 1.54) is 38.5 Å². The summed E-state index contributed by atoms with van der Waals surface area (Å²) in [4.78, 5) is 13.0. The Morgan fingerprint density at radius 2 is 1.77 bits per heavy atom. The molecular weight excluding hydrogens is 390 g/mol. The molecular formula is C26H33NO4. The van der Waals surface area contributed by atoms with Gasteiger partial charge in [-0.05, 0) is 92.4 Å². The number of nitrogens with one attached hydrogen (secondary N) is 1. The van der Waals surface area contributed by atoms with Crippen LogP contribution in [0.15, 0.2) is 40.8 Å². The topological polar surface area (TPSA) is 60.7 Å². The highest BCUT2D eigenvalue weighted by Crippen LogP contribution is 2.61. The van der Waals surface area contributed by atoms with Crippen LogP contribution in [-0.4, -0.2) is 19.1 Å². The van der Waals surface area contributed by atoms with Gasteiger partial charge >= 0.3 is 0 Å². The highest BCUT2D eigenvalue weighted by atomic mass is 16.5. The molecule has 0 aliphatic heterocycles. The molecule has 4 fully saturated rings. The summed E-state index contributed by atoms with van der Waals surface area (Å²) in [5.41, 5.74) is 0.296. The Labute approximate surface area is 184 Å². The van der Waals surface area contributed by atoms with Gasteiger partial charge < -0.3 is 19.2 Å². The van der Waals surface area contributed by atoms with Gasteiger partial charge in [-0.15, -0.1) is 0 Å². The van der Waals surface area contributed by atoms with E-state index in [4.69, 9.17) is 13.9 Å². The Bertz CT molecular complexity index is 898. The van der Waals surface area contributed by atoms with Crippen LogP contribution in [0, 0.1) is 23.2 Å². The number of amides is 1. The van der Waals surface area contributed by atoms with Crippen LogP contribution in [-0.2, 0) is 6.61 Å². The second kappa shape index (κ2) is 8.25. The quantitative estimate of drug-likeness (QED) is 0.601. The van der Waals surface area contributed by atoms with E-state index < -0.39 is 0 Å². The lowest BCUT2D eigenvalue weighted by Crippen LogP contribution is -2.56. The Morgan fingerprint density at radius 3 is 2.42 bits per heavy atom. The zero-order valence-corrected chi connectivity index (χ0v) is 18.6. The molecule has 4 aliphatic carbocycles. The highest BCUT2D eigenvalue weighted by Gasteiger charge is 2.54. The predicted octanol–water partition coefficient (Wildman–Crippen LogP) is 5.59. The minimum atomic E-state index is -0.102. The zero-order chi connectivity index (χ0) is 21.4. The summed E-state index contributed by atoms with van der Waals surface area (Å²) < 4.78 is 16.8. The van der Waals surface area contributed by atoms with Crippen LogP contribution in [0.1, 0.15) is 68.2 Å². The number of rotatable bonds is 8. The lowest BCUT2D eigenvalue weighted by atomic mass is 9.47. The second-order valence-corrected chi connectivity index (χ2v) is 9.95. The van der Waals surface area contributed by atoms with Gasteiger partial charge in [0.2, 0.25) is 0 Å². The van der Waals surface area contributed by atoms with Crippen molar-refractivity contribution in [3.05, 3.63) is 47.9 Å². The van der Waals surface area contributed by atoms with Crippen molar-refractivity contribution in [1.29, 1.82) is 0 Å². The van der Waals surface area contributed by atoms with Gasteiger partial charge in [0.25, 0.3) is 5.91 Å². The monoisotopic (exact) mass is 423 g/mol. The molecule has 0 spiro atoms. The van der Waals surface area contributed by atoms with Gasteiger partial charge in [-0.3, -0.25) is 4.79 Å². The molecule has 1 aromatic heterocycles. The lowest BCUT2D eigenvalue weighted by molar-refractivity contribution is -0.0728. The third kappa shape index (κ3) is 4.07. The molecule has 2 aromatic rings. The van der Waals surface area contributed by atoms with Gasteiger partial charge in [0.05, 0.1) is 7.11 Å². The van der Waals surface area contributed by atoms with Gasteiger partial charge in [-0.25, -0.2) is 0 Å². The first-order chi connectivity index (χ1) is 15.1. The third-order valence-electron chi connectivity index (χ3n) is 7.85. The molecule has 1 aromatic carbocycles. The van der Waals surface area contributed by atoms with E-state index in [2.05, 4.69) is 12.2 Å². The number of methoxy groups -OCH3 is 1. The van der Waals surface area contributed by atoms with Crippen LogP contribution in [0.2, 0.25) is 0 Å². The fourth-order valence-electron chi connectivity index (χ4n) is 6.94. The molecule has 0 saturated heterocycles. The SMILES string of the molecule is CCC(NC(=O)c1ccc(COc2cccc(OC)c2)o1)C12CC3CC(CC(C3)C1)C2. The number of carbonyl (C=O) groups excluding carboxylic acids is 1. The Hall–Kier alpha value is -2.43. The summed E-state index contributed by atoms with van der Waals surface area (Å²) in [5.74, 6) is 4.98. The lowest BCUT2D eigenvalue weighted by Gasteiger charge is -2.59. The summed E-state index contributed by atoms with van der Waals surface area (Å²) in [6.45, 7) is 2.48. The van der Waals surface area contributed by atoms with Crippen LogP contribution < -0.4 is 14.8 Å². The van der Waals surface area contributed by atoms with E-state index in [-0.39, 0.29) is 18.6 Å². The molecule has 1 atom stereocenters. The number of carbonyl (C=O) groups is 1. The van der Waals surface area contributed by atoms with Gasteiger partial charge in [0.15, 0.2) is 5.76 Å². The molecule has 1 N–H and O–H groups in total. The number of furan rings is 1. The van der Waals surface area contributed by atoms with Crippen LogP contribution in [0.5, 0.6) is 11.5 Å². The number of benzene rings is 1. The van der Waals surface area contributed by atoms with Gasteiger partial charge in [0.1, 0.15) is 23.9 Å². The average molecular weight is 424 g/mol. The van der Waals surface area contributed by atoms with Crippen molar-refractivity contribution in [3.8, 4) is 11.5 Å². The van der Waals surface area contributed by atoms with Crippen molar-refractivity contribution < 1.29 is 18.7 Å². The Morgan fingerprint density at radius 1 is 1.10 bits per heavy atom. The minimum Gasteiger partial charge on any atom is -0.497 e. The summed E-state index contributed by atoms with van der Waals surface area (Å²) in [5, 5.41) is 3.35. The average Bonchev–Trinajstić information content (AvgIpc) is 3.24. The fraction of sp³-hybridized carbons (Fsp3) is 0.577. The number of hydrogen-bond donors (Lipinski definition) is 1. The largest absolute Gasteiger partial charge is 0.497 e. The smallest absolute Gasteiger partial charge is 0.287 e.